The van der Waals surface area contributed by atoms with Gasteiger partial charge in [-0.25, -0.2) is 4.68 Å². The van der Waals surface area contributed by atoms with E-state index < -0.39 is 11.7 Å². The molecule has 1 aromatic carbocycles. The molecule has 0 spiro atoms. The summed E-state index contributed by atoms with van der Waals surface area (Å²) >= 11 is 0. The van der Waals surface area contributed by atoms with Gasteiger partial charge in [-0.2, -0.15) is 13.2 Å². The first-order valence-corrected chi connectivity index (χ1v) is 7.74. The predicted octanol–water partition coefficient (Wildman–Crippen LogP) is 3.14. The average molecular weight is 382 g/mol. The van der Waals surface area contributed by atoms with E-state index in [-0.39, 0.29) is 24.1 Å². The summed E-state index contributed by atoms with van der Waals surface area (Å²) in [7, 11) is 1.50. The molecule has 0 radical (unpaired) electrons. The summed E-state index contributed by atoms with van der Waals surface area (Å²) in [5, 5.41) is 18.5. The zero-order valence-electron chi connectivity index (χ0n) is 14.5. The van der Waals surface area contributed by atoms with Crippen LogP contribution >= 0.6 is 0 Å². The molecule has 1 amide bonds. The Morgan fingerprint density at radius 2 is 2.00 bits per heavy atom. The van der Waals surface area contributed by atoms with E-state index in [1.54, 1.807) is 6.92 Å². The lowest BCUT2D eigenvalue weighted by Gasteiger charge is -2.07. The fourth-order valence-electron chi connectivity index (χ4n) is 2.10. The highest BCUT2D eigenvalue weighted by Gasteiger charge is 2.30. The van der Waals surface area contributed by atoms with Crippen LogP contribution in [0, 0.1) is 0 Å². The van der Waals surface area contributed by atoms with E-state index in [4.69, 9.17) is 9.94 Å². The van der Waals surface area contributed by atoms with Gasteiger partial charge in [0, 0.05) is 31.8 Å². The number of nitrogens with zero attached hydrogens (tertiary/aromatic N) is 3. The standard InChI is InChI=1S/C17H17F3N4O3/c1-11(9-14(25)21-2)10-16(23-26)27-15-7-8-24(22-15)13-5-3-12(4-6-13)17(18,19)20/h3-8,10,26H,9H2,1-2H3,(H,21,25). The Morgan fingerprint density at radius 3 is 2.56 bits per heavy atom. The summed E-state index contributed by atoms with van der Waals surface area (Å²) in [6.07, 6.45) is -1.47. The molecule has 0 saturated heterocycles. The molecule has 144 valence electrons. The third-order valence-corrected chi connectivity index (χ3v) is 3.42. The highest BCUT2D eigenvalue weighted by Crippen LogP contribution is 2.29. The first-order chi connectivity index (χ1) is 12.7. The van der Waals surface area contributed by atoms with Gasteiger partial charge in [0.15, 0.2) is 0 Å². The first-order valence-electron chi connectivity index (χ1n) is 7.74. The van der Waals surface area contributed by atoms with Crippen LogP contribution in [0.15, 0.2) is 53.3 Å². The van der Waals surface area contributed by atoms with E-state index in [1.807, 2.05) is 0 Å². The van der Waals surface area contributed by atoms with Crippen molar-refractivity contribution in [1.29, 1.82) is 0 Å². The second-order valence-corrected chi connectivity index (χ2v) is 5.52. The number of amides is 1. The van der Waals surface area contributed by atoms with Crippen molar-refractivity contribution < 1.29 is 27.9 Å². The Bertz CT molecular complexity index is 855. The molecule has 27 heavy (non-hydrogen) atoms. The van der Waals surface area contributed by atoms with Gasteiger partial charge >= 0.3 is 6.18 Å². The molecule has 0 aliphatic rings. The number of oxime groups is 1. The number of carbonyl (C=O) groups excluding carboxylic acids is 1. The number of hydrogen-bond donors (Lipinski definition) is 2. The van der Waals surface area contributed by atoms with E-state index in [1.165, 1.54) is 42.2 Å². The van der Waals surface area contributed by atoms with Gasteiger partial charge in [-0.1, -0.05) is 5.57 Å². The Balaban J connectivity index is 2.10. The van der Waals surface area contributed by atoms with Crippen molar-refractivity contribution in [3.8, 4) is 11.6 Å². The predicted molar refractivity (Wildman–Crippen MR) is 90.9 cm³/mol. The van der Waals surface area contributed by atoms with Crippen LogP contribution < -0.4 is 10.1 Å². The van der Waals surface area contributed by atoms with Crippen LogP contribution in [-0.4, -0.2) is 33.8 Å². The molecule has 0 bridgehead atoms. The Kier molecular flexibility index (Phi) is 6.22. The highest BCUT2D eigenvalue weighted by molar-refractivity contribution is 5.90. The first kappa shape index (κ1) is 20.0. The second kappa shape index (κ2) is 8.39. The van der Waals surface area contributed by atoms with Crippen LogP contribution in [0.25, 0.3) is 5.69 Å². The number of carbonyl (C=O) groups is 1. The molecule has 1 heterocycles. The molecule has 0 atom stereocenters. The van der Waals surface area contributed by atoms with Gasteiger partial charge in [0.2, 0.25) is 11.8 Å². The summed E-state index contributed by atoms with van der Waals surface area (Å²) in [5.74, 6) is -0.339. The molecule has 0 saturated carbocycles. The lowest BCUT2D eigenvalue weighted by atomic mass is 10.2. The molecule has 0 fully saturated rings. The number of aromatic nitrogens is 2. The topological polar surface area (TPSA) is 88.7 Å². The van der Waals surface area contributed by atoms with Crippen molar-refractivity contribution in [1.82, 2.24) is 15.1 Å². The van der Waals surface area contributed by atoms with Crippen molar-refractivity contribution in [2.24, 2.45) is 5.16 Å². The molecular weight excluding hydrogens is 365 g/mol. The summed E-state index contributed by atoms with van der Waals surface area (Å²) < 4.78 is 44.4. The van der Waals surface area contributed by atoms with Gasteiger partial charge in [0.05, 0.1) is 11.3 Å². The van der Waals surface area contributed by atoms with Crippen LogP contribution in [0.3, 0.4) is 0 Å². The van der Waals surface area contributed by atoms with E-state index in [0.29, 0.717) is 11.3 Å². The van der Waals surface area contributed by atoms with Gasteiger partial charge in [-0.3, -0.25) is 4.79 Å². The third kappa shape index (κ3) is 5.59. The van der Waals surface area contributed by atoms with Gasteiger partial charge < -0.3 is 15.3 Å². The zero-order valence-corrected chi connectivity index (χ0v) is 14.5. The molecule has 1 aromatic heterocycles. The summed E-state index contributed by atoms with van der Waals surface area (Å²) in [5.41, 5.74) is 0.220. The van der Waals surface area contributed by atoms with E-state index in [9.17, 15) is 18.0 Å². The summed E-state index contributed by atoms with van der Waals surface area (Å²) in [4.78, 5) is 11.3. The average Bonchev–Trinajstić information content (AvgIpc) is 3.08. The van der Waals surface area contributed by atoms with E-state index in [2.05, 4.69) is 15.6 Å². The van der Waals surface area contributed by atoms with Crippen LogP contribution in [-0.2, 0) is 11.0 Å². The SMILES string of the molecule is CNC(=O)CC(C)=CC(=NO)Oc1ccn(-c2ccc(C(F)(F)F)cc2)n1. The molecule has 2 N–H and O–H groups in total. The highest BCUT2D eigenvalue weighted by atomic mass is 19.4. The van der Waals surface area contributed by atoms with Crippen LogP contribution in [0.1, 0.15) is 18.9 Å². The Labute approximate surface area is 152 Å². The Morgan fingerprint density at radius 1 is 1.33 bits per heavy atom. The molecule has 0 unspecified atom stereocenters. The van der Waals surface area contributed by atoms with Gasteiger partial charge in [-0.05, 0) is 36.3 Å². The van der Waals surface area contributed by atoms with Crippen molar-refractivity contribution in [3.63, 3.8) is 0 Å². The lowest BCUT2D eigenvalue weighted by molar-refractivity contribution is -0.137. The van der Waals surface area contributed by atoms with Crippen molar-refractivity contribution in [3.05, 3.63) is 53.7 Å². The number of rotatable bonds is 5. The molecule has 10 heteroatoms. The van der Waals surface area contributed by atoms with Gasteiger partial charge in [0.1, 0.15) is 0 Å². The maximum absolute atomic E-state index is 12.6. The van der Waals surface area contributed by atoms with Crippen molar-refractivity contribution in [2.45, 2.75) is 19.5 Å². The quantitative estimate of drug-likeness (QED) is 0.360. The molecule has 7 nitrogen and oxygen atoms in total. The van der Waals surface area contributed by atoms with Crippen molar-refractivity contribution >= 4 is 11.8 Å². The Hall–Kier alpha value is -3.30. The number of alkyl halides is 3. The normalized spacial score (nSPS) is 12.8. The maximum atomic E-state index is 12.6. The van der Waals surface area contributed by atoms with Crippen molar-refractivity contribution in [2.75, 3.05) is 7.05 Å². The minimum absolute atomic E-state index is 0.0618. The fraction of sp³-hybridized carbons (Fsp3) is 0.235. The fourth-order valence-corrected chi connectivity index (χ4v) is 2.10. The molecule has 2 rings (SSSR count). The third-order valence-electron chi connectivity index (χ3n) is 3.42. The summed E-state index contributed by atoms with van der Waals surface area (Å²) in [6, 6.07) is 5.89. The van der Waals surface area contributed by atoms with Gasteiger partial charge in [-0.15, -0.1) is 5.10 Å². The number of halogens is 3. The number of ether oxygens (including phenoxy) is 1. The largest absolute Gasteiger partial charge is 0.416 e. The number of nitrogens with one attached hydrogen (secondary N) is 1. The molecule has 0 aliphatic heterocycles. The smallest absolute Gasteiger partial charge is 0.416 e. The molecule has 2 aromatic rings. The molecular formula is C17H17F3N4O3. The van der Waals surface area contributed by atoms with Gasteiger partial charge in [0.25, 0.3) is 5.90 Å². The number of benzene rings is 1. The van der Waals surface area contributed by atoms with E-state index in [0.717, 1.165) is 12.1 Å². The number of hydrogen-bond acceptors (Lipinski definition) is 5. The second-order valence-electron chi connectivity index (χ2n) is 5.52. The summed E-state index contributed by atoms with van der Waals surface area (Å²) in [6.45, 7) is 1.66. The maximum Gasteiger partial charge on any atom is 0.416 e. The van der Waals surface area contributed by atoms with Crippen LogP contribution in [0.5, 0.6) is 5.88 Å². The van der Waals surface area contributed by atoms with Crippen LogP contribution in [0.2, 0.25) is 0 Å². The van der Waals surface area contributed by atoms with Crippen LogP contribution in [0.4, 0.5) is 13.2 Å². The minimum Gasteiger partial charge on any atom is -0.416 e. The van der Waals surface area contributed by atoms with E-state index >= 15 is 0 Å². The lowest BCUT2D eigenvalue weighted by Crippen LogP contribution is -2.18. The zero-order chi connectivity index (χ0) is 20.0. The monoisotopic (exact) mass is 382 g/mol. The molecule has 0 aliphatic carbocycles. The minimum atomic E-state index is -4.41.